The maximum absolute atomic E-state index is 13.2. The molecule has 196 valence electrons. The summed E-state index contributed by atoms with van der Waals surface area (Å²) in [6.45, 7) is 3.54. The Morgan fingerprint density at radius 2 is 1.89 bits per heavy atom. The summed E-state index contributed by atoms with van der Waals surface area (Å²) in [6.07, 6.45) is 4.07. The first kappa shape index (κ1) is 26.7. The molecule has 8 nitrogen and oxygen atoms in total. The van der Waals surface area contributed by atoms with Crippen LogP contribution in [0, 0.1) is 6.92 Å². The van der Waals surface area contributed by atoms with Crippen LogP contribution >= 0.6 is 15.9 Å². The van der Waals surface area contributed by atoms with Crippen LogP contribution in [0.4, 0.5) is 18.9 Å². The van der Waals surface area contributed by atoms with Gasteiger partial charge in [-0.2, -0.15) is 21.6 Å². The molecule has 2 aliphatic rings. The number of hydrogen-bond acceptors (Lipinski definition) is 5. The standard InChI is InChI=1S/C24H21BrF3N3O5S/c1-3-6-19-29-13(2)22(23(32)33)31(19)11-16-14-9-10-36-12-17(14)21(25)20(16)15-7-4-5-8-18(15)30-37(34,35)24(26,27)28/h4-5,7-10,12,30H,3,6,11H2,1-2H3,(H,32,33). The van der Waals surface area contributed by atoms with E-state index in [0.717, 1.165) is 0 Å². The number of nitrogens with one attached hydrogen (secondary N) is 1. The summed E-state index contributed by atoms with van der Waals surface area (Å²) in [7, 11) is -5.70. The first-order valence-corrected chi connectivity index (χ1v) is 13.3. The summed E-state index contributed by atoms with van der Waals surface area (Å²) >= 11 is 3.51. The third-order valence-electron chi connectivity index (χ3n) is 5.83. The Labute approximate surface area is 218 Å². The number of rotatable bonds is 8. The molecule has 2 aromatic rings. The molecule has 1 aliphatic heterocycles. The fraction of sp³-hybridized carbons (Fsp3) is 0.250. The molecule has 0 saturated carbocycles. The molecule has 0 bridgehead atoms. The second-order valence-corrected chi connectivity index (χ2v) is 10.7. The van der Waals surface area contributed by atoms with E-state index in [1.54, 1.807) is 28.3 Å². The monoisotopic (exact) mass is 599 g/mol. The van der Waals surface area contributed by atoms with E-state index >= 15 is 0 Å². The summed E-state index contributed by atoms with van der Waals surface area (Å²) in [5.41, 5.74) is -3.15. The van der Waals surface area contributed by atoms with Gasteiger partial charge in [0.1, 0.15) is 5.82 Å². The Balaban J connectivity index is 1.98. The molecule has 0 unspecified atom stereocenters. The Hall–Kier alpha value is -3.32. The summed E-state index contributed by atoms with van der Waals surface area (Å²) in [5, 5.41) is 9.89. The molecule has 1 aromatic heterocycles. The first-order chi connectivity index (χ1) is 17.4. The zero-order valence-corrected chi connectivity index (χ0v) is 22.0. The van der Waals surface area contributed by atoms with Gasteiger partial charge in [0.15, 0.2) is 5.69 Å². The minimum atomic E-state index is -5.70. The number of aromatic nitrogens is 2. The topological polar surface area (TPSA) is 114 Å². The fourth-order valence-corrected chi connectivity index (χ4v) is 5.63. The predicted molar refractivity (Wildman–Crippen MR) is 134 cm³/mol. The third kappa shape index (κ3) is 4.85. The predicted octanol–water partition coefficient (Wildman–Crippen LogP) is 6.28. The minimum Gasteiger partial charge on any atom is -0.477 e. The number of aryl methyl sites for hydroxylation is 2. The van der Waals surface area contributed by atoms with Crippen LogP contribution < -0.4 is 4.72 Å². The van der Waals surface area contributed by atoms with Crippen molar-refractivity contribution in [3.05, 3.63) is 70.1 Å². The maximum atomic E-state index is 13.2. The van der Waals surface area contributed by atoms with Gasteiger partial charge in [0, 0.05) is 27.6 Å². The van der Waals surface area contributed by atoms with Gasteiger partial charge < -0.3 is 14.1 Å². The normalized spacial score (nSPS) is 12.3. The Bertz CT molecular complexity index is 1560. The van der Waals surface area contributed by atoms with Crippen LogP contribution in [0.3, 0.4) is 0 Å². The van der Waals surface area contributed by atoms with Gasteiger partial charge >= 0.3 is 21.5 Å². The van der Waals surface area contributed by atoms with Crippen LogP contribution in [0.15, 0.2) is 51.7 Å². The van der Waals surface area contributed by atoms with E-state index in [0.29, 0.717) is 51.1 Å². The Morgan fingerprint density at radius 3 is 2.54 bits per heavy atom. The first-order valence-electron chi connectivity index (χ1n) is 11.0. The van der Waals surface area contributed by atoms with Gasteiger partial charge in [-0.1, -0.05) is 25.1 Å². The molecule has 13 heteroatoms. The summed E-state index contributed by atoms with van der Waals surface area (Å²) < 4.78 is 72.3. The van der Waals surface area contributed by atoms with E-state index in [9.17, 15) is 31.5 Å². The van der Waals surface area contributed by atoms with E-state index in [4.69, 9.17) is 4.42 Å². The van der Waals surface area contributed by atoms with Crippen molar-refractivity contribution in [1.29, 1.82) is 0 Å². The molecule has 0 fully saturated rings. The molecule has 2 N–H and O–H groups in total. The number of para-hydroxylation sites is 1. The summed E-state index contributed by atoms with van der Waals surface area (Å²) in [5.74, 6) is -0.627. The highest BCUT2D eigenvalue weighted by atomic mass is 79.9. The lowest BCUT2D eigenvalue weighted by molar-refractivity contribution is -0.0429. The average molecular weight is 600 g/mol. The quantitative estimate of drug-likeness (QED) is 0.246. The molecule has 37 heavy (non-hydrogen) atoms. The number of carboxylic acids is 1. The van der Waals surface area contributed by atoms with Crippen LogP contribution in [0.25, 0.3) is 22.3 Å². The minimum absolute atomic E-state index is 0.00782. The number of fused-ring (bicyclic) bond motifs is 1. The van der Waals surface area contributed by atoms with Crippen molar-refractivity contribution >= 4 is 37.6 Å². The van der Waals surface area contributed by atoms with E-state index in [1.807, 2.05) is 6.92 Å². The molecule has 0 spiro atoms. The highest BCUT2D eigenvalue weighted by molar-refractivity contribution is 9.10. The average Bonchev–Trinajstić information content (AvgIpc) is 3.27. The third-order valence-corrected chi connectivity index (χ3v) is 7.75. The Morgan fingerprint density at radius 1 is 1.19 bits per heavy atom. The van der Waals surface area contributed by atoms with E-state index in [1.165, 1.54) is 30.7 Å². The van der Waals surface area contributed by atoms with Gasteiger partial charge in [-0.25, -0.2) is 9.78 Å². The van der Waals surface area contributed by atoms with Crippen molar-refractivity contribution in [2.75, 3.05) is 4.72 Å². The zero-order valence-electron chi connectivity index (χ0n) is 19.6. The van der Waals surface area contributed by atoms with Crippen molar-refractivity contribution in [3.8, 4) is 22.3 Å². The van der Waals surface area contributed by atoms with Crippen LogP contribution in [0.2, 0.25) is 0 Å². The van der Waals surface area contributed by atoms with E-state index in [-0.39, 0.29) is 23.5 Å². The molecule has 4 rings (SSSR count). The van der Waals surface area contributed by atoms with E-state index < -0.39 is 21.5 Å². The number of anilines is 1. The molecular weight excluding hydrogens is 579 g/mol. The van der Waals surface area contributed by atoms with Gasteiger partial charge in [-0.05, 0) is 52.5 Å². The fourth-order valence-electron chi connectivity index (χ4n) is 4.28. The molecule has 2 heterocycles. The van der Waals surface area contributed by atoms with Crippen LogP contribution in [-0.2, 0) is 23.0 Å². The highest BCUT2D eigenvalue weighted by Gasteiger charge is 2.46. The van der Waals surface area contributed by atoms with Gasteiger partial charge in [0.2, 0.25) is 0 Å². The van der Waals surface area contributed by atoms with E-state index in [2.05, 4.69) is 20.9 Å². The van der Waals surface area contributed by atoms with Crippen molar-refractivity contribution < 1.29 is 35.9 Å². The molecule has 1 aromatic carbocycles. The van der Waals surface area contributed by atoms with Crippen molar-refractivity contribution in [2.45, 2.75) is 38.7 Å². The Kier molecular flexibility index (Phi) is 7.12. The second kappa shape index (κ2) is 9.86. The molecule has 0 radical (unpaired) electrons. The number of imidazole rings is 1. The number of aromatic carboxylic acids is 1. The number of halogens is 4. The molecule has 0 amide bonds. The number of carboxylic acid groups (broad SMARTS) is 1. The SMILES string of the molecule is CCCc1nc(C)c(C(=O)O)n1Cc1c2ccocc-2c(Br)c1-c1ccccc1NS(=O)(=O)C(F)(F)F. The lowest BCUT2D eigenvalue weighted by Crippen LogP contribution is -2.30. The largest absolute Gasteiger partial charge is 0.516 e. The van der Waals surface area contributed by atoms with Crippen molar-refractivity contribution in [3.63, 3.8) is 0 Å². The number of benzene rings is 1. The molecular formula is C24H21BrF3N3O5S. The molecule has 0 atom stereocenters. The highest BCUT2D eigenvalue weighted by Crippen LogP contribution is 2.48. The molecule has 1 aliphatic carbocycles. The van der Waals surface area contributed by atoms with Gasteiger partial charge in [-0.15, -0.1) is 0 Å². The van der Waals surface area contributed by atoms with Crippen molar-refractivity contribution in [2.24, 2.45) is 0 Å². The lowest BCUT2D eigenvalue weighted by Gasteiger charge is -2.17. The van der Waals surface area contributed by atoms with Crippen molar-refractivity contribution in [1.82, 2.24) is 9.55 Å². The number of alkyl halides is 3. The lowest BCUT2D eigenvalue weighted by atomic mass is 10.0. The number of nitrogens with zero attached hydrogens (tertiary/aromatic N) is 2. The summed E-state index contributed by atoms with van der Waals surface area (Å²) in [6, 6.07) is 7.34. The number of hydrogen-bond donors (Lipinski definition) is 2. The van der Waals surface area contributed by atoms with Crippen LogP contribution in [0.1, 0.15) is 40.9 Å². The number of carbonyl (C=O) groups is 1. The molecule has 0 saturated heterocycles. The van der Waals surface area contributed by atoms with Gasteiger partial charge in [-0.3, -0.25) is 4.72 Å². The number of sulfonamides is 1. The smallest absolute Gasteiger partial charge is 0.477 e. The zero-order chi connectivity index (χ0) is 27.1. The summed E-state index contributed by atoms with van der Waals surface area (Å²) in [4.78, 5) is 16.5. The van der Waals surface area contributed by atoms with Gasteiger partial charge in [0.05, 0.1) is 30.5 Å². The second-order valence-electron chi connectivity index (χ2n) is 8.25. The van der Waals surface area contributed by atoms with Crippen LogP contribution in [-0.4, -0.2) is 34.6 Å². The van der Waals surface area contributed by atoms with Gasteiger partial charge in [0.25, 0.3) is 0 Å². The maximum Gasteiger partial charge on any atom is 0.516 e. The van der Waals surface area contributed by atoms with Crippen LogP contribution in [0.5, 0.6) is 0 Å².